The first-order valence-corrected chi connectivity index (χ1v) is 8.13. The van der Waals surface area contributed by atoms with Crippen LogP contribution in [0.4, 0.5) is 0 Å². The Morgan fingerprint density at radius 3 is 1.28 bits per heavy atom. The van der Waals surface area contributed by atoms with E-state index in [1.807, 2.05) is 6.07 Å². The molecule has 0 unspecified atom stereocenters. The molecular weight excluding hydrogens is 312 g/mol. The Morgan fingerprint density at radius 2 is 1.06 bits per heavy atom. The Hall–Kier alpha value is -1.05. The van der Waals surface area contributed by atoms with E-state index in [4.69, 9.17) is 13.7 Å². The molecule has 0 saturated carbocycles. The minimum atomic E-state index is -5.33. The molecule has 0 aromatic heterocycles. The molecule has 0 saturated heterocycles. The van der Waals surface area contributed by atoms with E-state index in [9.17, 15) is 25.3 Å². The summed E-state index contributed by atoms with van der Waals surface area (Å²) in [6, 6.07) is 2.75. The normalized spacial score (nSPS) is 13.5. The molecule has 101 valence electrons. The summed E-state index contributed by atoms with van der Waals surface area (Å²) < 4.78 is 91.6. The molecule has 12 heteroatoms. The van der Waals surface area contributed by atoms with Gasteiger partial charge in [0.25, 0.3) is 30.4 Å². The first-order valence-electron chi connectivity index (χ1n) is 3.81. The number of rotatable bonds is 3. The summed E-state index contributed by atoms with van der Waals surface area (Å²) in [5.41, 5.74) is 0. The number of benzene rings is 1. The van der Waals surface area contributed by atoms with E-state index < -0.39 is 45.0 Å². The highest BCUT2D eigenvalue weighted by Crippen LogP contribution is 2.27. The molecule has 3 N–H and O–H groups in total. The van der Waals surface area contributed by atoms with Crippen molar-refractivity contribution in [1.82, 2.24) is 0 Å². The van der Waals surface area contributed by atoms with Crippen molar-refractivity contribution in [1.29, 1.82) is 0 Å². The Morgan fingerprint density at radius 1 is 0.722 bits per heavy atom. The van der Waals surface area contributed by atoms with Gasteiger partial charge in [-0.25, -0.2) is 0 Å². The predicted molar refractivity (Wildman–Crippen MR) is 54.7 cm³/mol. The van der Waals surface area contributed by atoms with Crippen molar-refractivity contribution in [3.8, 4) is 0 Å². The number of hydrogen-bond donors (Lipinski definition) is 3. The van der Waals surface area contributed by atoms with Gasteiger partial charge in [0.1, 0.15) is 14.7 Å². The fourth-order valence-electron chi connectivity index (χ4n) is 1.08. The smallest absolute Gasteiger partial charge is 0.282 e. The minimum Gasteiger partial charge on any atom is -0.282 e. The fraction of sp³-hybridized carbons (Fsp3) is 0. The number of hydrogen-bond acceptors (Lipinski definition) is 6. The fourth-order valence-corrected chi connectivity index (χ4v) is 4.16. The molecule has 0 aliphatic carbocycles. The van der Waals surface area contributed by atoms with Crippen molar-refractivity contribution >= 4 is 30.4 Å². The van der Waals surface area contributed by atoms with Gasteiger partial charge in [-0.2, -0.15) is 25.3 Å². The Balaban J connectivity index is 4.04. The zero-order chi connectivity index (χ0) is 14.4. The highest BCUT2D eigenvalue weighted by molar-refractivity contribution is 7.90. The van der Waals surface area contributed by atoms with Crippen LogP contribution in [0.3, 0.4) is 0 Å². The van der Waals surface area contributed by atoms with Crippen molar-refractivity contribution in [2.75, 3.05) is 0 Å². The topological polar surface area (TPSA) is 163 Å². The van der Waals surface area contributed by atoms with Gasteiger partial charge in [-0.05, 0) is 18.2 Å². The molecule has 1 aromatic carbocycles. The van der Waals surface area contributed by atoms with Gasteiger partial charge in [-0.15, -0.1) is 0 Å². The van der Waals surface area contributed by atoms with E-state index in [2.05, 4.69) is 0 Å². The van der Waals surface area contributed by atoms with Crippen LogP contribution in [0.25, 0.3) is 0 Å². The van der Waals surface area contributed by atoms with E-state index in [0.717, 1.165) is 0 Å². The second-order valence-electron chi connectivity index (χ2n) is 2.94. The lowest BCUT2D eigenvalue weighted by atomic mass is 10.4. The van der Waals surface area contributed by atoms with Gasteiger partial charge in [-0.1, -0.05) is 0 Å². The first-order chi connectivity index (χ1) is 7.85. The zero-order valence-electron chi connectivity index (χ0n) is 8.17. The summed E-state index contributed by atoms with van der Waals surface area (Å²) in [4.78, 5) is -4.48. The van der Waals surface area contributed by atoms with Crippen LogP contribution >= 0.6 is 0 Å². The van der Waals surface area contributed by atoms with Crippen LogP contribution in [-0.2, 0) is 30.4 Å². The predicted octanol–water partition coefficient (Wildman–Crippen LogP) is -0.773. The van der Waals surface area contributed by atoms with Crippen LogP contribution in [-0.4, -0.2) is 38.9 Å². The monoisotopic (exact) mass is 317 g/mol. The second-order valence-corrected chi connectivity index (χ2v) is 7.08. The molecule has 0 fully saturated rings. The van der Waals surface area contributed by atoms with Crippen molar-refractivity contribution in [3.05, 3.63) is 18.2 Å². The molecule has 0 heterocycles. The average Bonchev–Trinajstić information content (AvgIpc) is 2.12. The van der Waals surface area contributed by atoms with Crippen LogP contribution in [0, 0.1) is 6.07 Å². The maximum Gasteiger partial charge on any atom is 0.297 e. The zero-order valence-corrected chi connectivity index (χ0v) is 10.6. The van der Waals surface area contributed by atoms with E-state index in [-0.39, 0.29) is 0 Å². The lowest BCUT2D eigenvalue weighted by molar-refractivity contribution is 0.456. The Kier molecular flexibility index (Phi) is 3.55. The van der Waals surface area contributed by atoms with Gasteiger partial charge < -0.3 is 0 Å². The van der Waals surface area contributed by atoms with Gasteiger partial charge in [0.05, 0.1) is 0 Å². The average molecular weight is 317 g/mol. The molecule has 0 aliphatic rings. The summed E-state index contributed by atoms with van der Waals surface area (Å²) in [5.74, 6) is 0. The van der Waals surface area contributed by atoms with Crippen molar-refractivity contribution < 1.29 is 38.9 Å². The third-order valence-corrected chi connectivity index (χ3v) is 4.66. The highest BCUT2D eigenvalue weighted by Gasteiger charge is 2.31. The quantitative estimate of drug-likeness (QED) is 0.607. The second kappa shape index (κ2) is 4.25. The summed E-state index contributed by atoms with van der Waals surface area (Å²) in [7, 11) is -15.6. The Labute approximate surface area is 102 Å². The molecule has 0 spiro atoms. The molecule has 0 atom stereocenters. The van der Waals surface area contributed by atoms with Crippen LogP contribution in [0.1, 0.15) is 0 Å². The van der Waals surface area contributed by atoms with Crippen LogP contribution in [0.15, 0.2) is 26.8 Å². The van der Waals surface area contributed by atoms with Gasteiger partial charge in [0.2, 0.25) is 0 Å². The summed E-state index contributed by atoms with van der Waals surface area (Å²) in [5, 5.41) is 0. The third-order valence-electron chi connectivity index (χ3n) is 1.69. The maximum absolute atomic E-state index is 11.0. The van der Waals surface area contributed by atoms with E-state index in [1.54, 1.807) is 0 Å². The van der Waals surface area contributed by atoms with Crippen LogP contribution in [0.2, 0.25) is 0 Å². The van der Waals surface area contributed by atoms with Crippen LogP contribution in [0.5, 0.6) is 0 Å². The molecule has 1 radical (unpaired) electrons. The standard InChI is InChI=1S/C6H5O9S3/c7-16(8,9)4-2-1-3-5(17(10,11)12)6(4)18(13,14)15/h2-3H,(H,7,8,9)(H,10,11,12)(H,13,14,15). The van der Waals surface area contributed by atoms with Crippen molar-refractivity contribution in [2.45, 2.75) is 14.7 Å². The van der Waals surface area contributed by atoms with E-state index in [0.29, 0.717) is 12.1 Å². The lowest BCUT2D eigenvalue weighted by Crippen LogP contribution is -2.14. The molecule has 9 nitrogen and oxygen atoms in total. The summed E-state index contributed by atoms with van der Waals surface area (Å²) >= 11 is 0. The molecule has 0 amide bonds. The highest BCUT2D eigenvalue weighted by atomic mass is 32.2. The van der Waals surface area contributed by atoms with Gasteiger partial charge in [0.15, 0.2) is 0 Å². The van der Waals surface area contributed by atoms with Gasteiger partial charge in [-0.3, -0.25) is 13.7 Å². The summed E-state index contributed by atoms with van der Waals surface area (Å²) in [6.45, 7) is 0. The molecule has 1 aromatic rings. The first kappa shape index (κ1) is 15.0. The third kappa shape index (κ3) is 3.04. The van der Waals surface area contributed by atoms with E-state index in [1.165, 1.54) is 0 Å². The largest absolute Gasteiger partial charge is 0.297 e. The minimum absolute atomic E-state index is 0.424. The van der Waals surface area contributed by atoms with Crippen molar-refractivity contribution in [2.24, 2.45) is 0 Å². The molecule has 18 heavy (non-hydrogen) atoms. The van der Waals surface area contributed by atoms with Crippen molar-refractivity contribution in [3.63, 3.8) is 0 Å². The molecule has 0 aliphatic heterocycles. The van der Waals surface area contributed by atoms with Crippen LogP contribution < -0.4 is 0 Å². The van der Waals surface area contributed by atoms with Gasteiger partial charge >= 0.3 is 0 Å². The SMILES string of the molecule is O=S(=O)(O)c1c[c]cc(S(=O)(=O)O)c1S(=O)(=O)O. The maximum atomic E-state index is 11.0. The Bertz CT molecular complexity index is 734. The molecule has 1 rings (SSSR count). The summed E-state index contributed by atoms with van der Waals surface area (Å²) in [6.07, 6.45) is 0. The molecular formula is C6H5O9S3. The lowest BCUT2D eigenvalue weighted by Gasteiger charge is -2.07. The van der Waals surface area contributed by atoms with E-state index >= 15 is 0 Å². The molecule has 0 bridgehead atoms. The van der Waals surface area contributed by atoms with Gasteiger partial charge in [0, 0.05) is 0 Å².